The molecule has 7 nitrogen and oxygen atoms in total. The fraction of sp³-hybridized carbons (Fsp3) is 0.538. The number of aliphatic hydroxyl groups excluding tert-OH is 5. The van der Waals surface area contributed by atoms with Crippen LogP contribution in [0.25, 0.3) is 0 Å². The molecule has 0 fully saturated rings. The van der Waals surface area contributed by atoms with Crippen LogP contribution in [0.1, 0.15) is 0 Å². The minimum Gasteiger partial charge on any atom is -0.399 e. The van der Waals surface area contributed by atoms with Crippen molar-refractivity contribution in [2.45, 2.75) is 24.4 Å². The van der Waals surface area contributed by atoms with Crippen molar-refractivity contribution >= 4 is 11.4 Å². The number of hydrogen-bond acceptors (Lipinski definition) is 7. The normalized spacial score (nSPS) is 17.3. The molecule has 0 amide bonds. The third kappa shape index (κ3) is 4.32. The number of anilines is 2. The van der Waals surface area contributed by atoms with Crippen LogP contribution in [-0.2, 0) is 0 Å². The van der Waals surface area contributed by atoms with Crippen molar-refractivity contribution in [3.05, 3.63) is 24.3 Å². The second kappa shape index (κ2) is 7.41. The van der Waals surface area contributed by atoms with Gasteiger partial charge in [-0.25, -0.2) is 0 Å². The highest BCUT2D eigenvalue weighted by Crippen LogP contribution is 2.16. The van der Waals surface area contributed by atoms with Crippen LogP contribution in [0, 0.1) is 0 Å². The molecule has 1 aromatic rings. The second-order valence-electron chi connectivity index (χ2n) is 4.77. The summed E-state index contributed by atoms with van der Waals surface area (Å²) in [7, 11) is 1.70. The van der Waals surface area contributed by atoms with E-state index in [0.29, 0.717) is 5.69 Å². The highest BCUT2D eigenvalue weighted by atomic mass is 16.4. The zero-order valence-corrected chi connectivity index (χ0v) is 11.3. The summed E-state index contributed by atoms with van der Waals surface area (Å²) >= 11 is 0. The van der Waals surface area contributed by atoms with E-state index in [0.717, 1.165) is 5.69 Å². The Hall–Kier alpha value is -1.38. The predicted octanol–water partition coefficient (Wildman–Crippen LogP) is -1.86. The Balaban J connectivity index is 2.60. The van der Waals surface area contributed by atoms with E-state index in [1.165, 1.54) is 0 Å². The second-order valence-corrected chi connectivity index (χ2v) is 4.77. The van der Waals surface area contributed by atoms with Gasteiger partial charge in [0.15, 0.2) is 0 Å². The summed E-state index contributed by atoms with van der Waals surface area (Å²) in [6.07, 6.45) is -5.96. The monoisotopic (exact) mass is 286 g/mol. The first-order valence-electron chi connectivity index (χ1n) is 6.26. The molecule has 7 heteroatoms. The predicted molar refractivity (Wildman–Crippen MR) is 75.2 cm³/mol. The van der Waals surface area contributed by atoms with Gasteiger partial charge in [0, 0.05) is 25.0 Å². The van der Waals surface area contributed by atoms with Crippen LogP contribution >= 0.6 is 0 Å². The van der Waals surface area contributed by atoms with Crippen molar-refractivity contribution in [2.24, 2.45) is 0 Å². The van der Waals surface area contributed by atoms with Crippen molar-refractivity contribution in [1.29, 1.82) is 0 Å². The summed E-state index contributed by atoms with van der Waals surface area (Å²) in [6, 6.07) is 6.93. The molecular formula is C13H22N2O5. The molecule has 0 aliphatic rings. The quantitative estimate of drug-likeness (QED) is 0.324. The number of benzene rings is 1. The van der Waals surface area contributed by atoms with Gasteiger partial charge in [-0.3, -0.25) is 0 Å². The maximum Gasteiger partial charge on any atom is 0.111 e. The number of hydrogen-bond donors (Lipinski definition) is 6. The van der Waals surface area contributed by atoms with E-state index in [2.05, 4.69) is 0 Å². The number of nitrogen functional groups attached to an aromatic ring is 1. The van der Waals surface area contributed by atoms with Crippen LogP contribution in [0.15, 0.2) is 24.3 Å². The van der Waals surface area contributed by atoms with Gasteiger partial charge in [0.2, 0.25) is 0 Å². The van der Waals surface area contributed by atoms with Crippen LogP contribution in [-0.4, -0.2) is 70.1 Å². The number of aliphatic hydroxyl groups is 5. The lowest BCUT2D eigenvalue weighted by molar-refractivity contribution is -0.112. The Morgan fingerprint density at radius 2 is 1.50 bits per heavy atom. The Morgan fingerprint density at radius 1 is 1.00 bits per heavy atom. The molecule has 7 N–H and O–H groups in total. The third-order valence-corrected chi connectivity index (χ3v) is 3.12. The summed E-state index contributed by atoms with van der Waals surface area (Å²) in [4.78, 5) is 1.67. The van der Waals surface area contributed by atoms with E-state index in [9.17, 15) is 20.4 Å². The van der Waals surface area contributed by atoms with Gasteiger partial charge < -0.3 is 36.2 Å². The standard InChI is InChI=1S/C13H22N2O5/c1-15(9-4-2-8(14)3-5-9)6-10(17)12(19)13(20)11(18)7-16/h2-5,10-13,16-20H,6-7,14H2,1H3/t10-,11+,12+,13+/m0/s1. The van der Waals surface area contributed by atoms with Crippen LogP contribution < -0.4 is 10.6 Å². The van der Waals surface area contributed by atoms with Gasteiger partial charge in [-0.05, 0) is 24.3 Å². The van der Waals surface area contributed by atoms with Gasteiger partial charge in [0.1, 0.15) is 18.3 Å². The van der Waals surface area contributed by atoms with Gasteiger partial charge in [-0.2, -0.15) is 0 Å². The summed E-state index contributed by atoms with van der Waals surface area (Å²) in [5.41, 5.74) is 6.97. The van der Waals surface area contributed by atoms with Gasteiger partial charge >= 0.3 is 0 Å². The fourth-order valence-electron chi connectivity index (χ4n) is 1.79. The number of nitrogens with two attached hydrogens (primary N) is 1. The summed E-state index contributed by atoms with van der Waals surface area (Å²) in [6.45, 7) is -0.654. The molecule has 0 aliphatic heterocycles. The van der Waals surface area contributed by atoms with E-state index in [1.807, 2.05) is 0 Å². The molecule has 0 saturated heterocycles. The van der Waals surface area contributed by atoms with Gasteiger partial charge in [-0.15, -0.1) is 0 Å². The first-order valence-corrected chi connectivity index (χ1v) is 6.26. The average Bonchev–Trinajstić information content (AvgIpc) is 2.45. The Bertz CT molecular complexity index is 400. The lowest BCUT2D eigenvalue weighted by atomic mass is 10.0. The van der Waals surface area contributed by atoms with Crippen molar-refractivity contribution in [3.63, 3.8) is 0 Å². The molecule has 0 aromatic heterocycles. The molecule has 0 unspecified atom stereocenters. The molecule has 0 bridgehead atoms. The summed E-state index contributed by atoms with van der Waals surface area (Å²) < 4.78 is 0. The molecular weight excluding hydrogens is 264 g/mol. The lowest BCUT2D eigenvalue weighted by Gasteiger charge is -2.29. The summed E-state index contributed by atoms with van der Waals surface area (Å²) in [5.74, 6) is 0. The smallest absolute Gasteiger partial charge is 0.111 e. The van der Waals surface area contributed by atoms with Gasteiger partial charge in [0.25, 0.3) is 0 Å². The SMILES string of the molecule is CN(C[C@H](O)[C@@H](O)[C@H](O)[C@H](O)CO)c1ccc(N)cc1. The van der Waals surface area contributed by atoms with Gasteiger partial charge in [-0.1, -0.05) is 0 Å². The first-order chi connectivity index (χ1) is 9.36. The zero-order chi connectivity index (χ0) is 15.3. The minimum absolute atomic E-state index is 0.0420. The Labute approximate surface area is 117 Å². The van der Waals surface area contributed by atoms with Crippen molar-refractivity contribution in [1.82, 2.24) is 0 Å². The minimum atomic E-state index is -1.62. The van der Waals surface area contributed by atoms with E-state index in [4.69, 9.17) is 10.8 Å². The van der Waals surface area contributed by atoms with Crippen molar-refractivity contribution in [3.8, 4) is 0 Å². The maximum absolute atomic E-state index is 9.85. The fourth-order valence-corrected chi connectivity index (χ4v) is 1.79. The molecule has 1 aromatic carbocycles. The van der Waals surface area contributed by atoms with E-state index in [1.54, 1.807) is 36.2 Å². The van der Waals surface area contributed by atoms with Crippen molar-refractivity contribution < 1.29 is 25.5 Å². The number of nitrogens with zero attached hydrogens (tertiary/aromatic N) is 1. The zero-order valence-electron chi connectivity index (χ0n) is 11.3. The third-order valence-electron chi connectivity index (χ3n) is 3.12. The van der Waals surface area contributed by atoms with Crippen LogP contribution in [0.5, 0.6) is 0 Å². The first kappa shape index (κ1) is 16.7. The largest absolute Gasteiger partial charge is 0.399 e. The van der Waals surface area contributed by atoms with Crippen LogP contribution in [0.2, 0.25) is 0 Å². The highest BCUT2D eigenvalue weighted by Gasteiger charge is 2.30. The van der Waals surface area contributed by atoms with Crippen molar-refractivity contribution in [2.75, 3.05) is 30.8 Å². The van der Waals surface area contributed by atoms with E-state index in [-0.39, 0.29) is 6.54 Å². The molecule has 1 rings (SSSR count). The molecule has 0 spiro atoms. The Kier molecular flexibility index (Phi) is 6.18. The van der Waals surface area contributed by atoms with Crippen LogP contribution in [0.3, 0.4) is 0 Å². The van der Waals surface area contributed by atoms with E-state index >= 15 is 0 Å². The van der Waals surface area contributed by atoms with Gasteiger partial charge in [0.05, 0.1) is 12.7 Å². The Morgan fingerprint density at radius 3 is 2.00 bits per heavy atom. The summed E-state index contributed by atoms with van der Waals surface area (Å²) in [5, 5.41) is 47.0. The molecule has 114 valence electrons. The average molecular weight is 286 g/mol. The molecule has 0 saturated carbocycles. The van der Waals surface area contributed by atoms with E-state index < -0.39 is 31.0 Å². The molecule has 4 atom stereocenters. The maximum atomic E-state index is 9.85. The topological polar surface area (TPSA) is 130 Å². The molecule has 20 heavy (non-hydrogen) atoms. The highest BCUT2D eigenvalue weighted by molar-refractivity contribution is 5.52. The molecule has 0 heterocycles. The lowest BCUT2D eigenvalue weighted by Crippen LogP contribution is -2.49. The van der Waals surface area contributed by atoms with Crippen LogP contribution in [0.4, 0.5) is 11.4 Å². The molecule has 0 radical (unpaired) electrons. The number of rotatable bonds is 7. The number of likely N-dealkylation sites (N-methyl/N-ethyl adjacent to an activating group) is 1. The molecule has 0 aliphatic carbocycles.